The van der Waals surface area contributed by atoms with Crippen LogP contribution >= 0.6 is 0 Å². The van der Waals surface area contributed by atoms with Gasteiger partial charge in [-0.2, -0.15) is 0 Å². The highest BCUT2D eigenvalue weighted by Crippen LogP contribution is 2.28. The number of ether oxygens (including phenoxy) is 1. The van der Waals surface area contributed by atoms with Gasteiger partial charge < -0.3 is 20.9 Å². The lowest BCUT2D eigenvalue weighted by atomic mass is 9.89. The lowest BCUT2D eigenvalue weighted by Crippen LogP contribution is -2.38. The van der Waals surface area contributed by atoms with Crippen LogP contribution in [0.15, 0.2) is 18.2 Å². The zero-order valence-electron chi connectivity index (χ0n) is 9.44. The van der Waals surface area contributed by atoms with Gasteiger partial charge in [-0.15, -0.1) is 0 Å². The van der Waals surface area contributed by atoms with Gasteiger partial charge in [0.2, 0.25) is 0 Å². The monoisotopic (exact) mass is 222 g/mol. The number of aliphatic hydroxyl groups excluding tert-OH is 1. The third kappa shape index (κ3) is 2.58. The average Bonchev–Trinajstić information content (AvgIpc) is 2.15. The van der Waals surface area contributed by atoms with Crippen molar-refractivity contribution in [3.8, 4) is 5.75 Å². The summed E-state index contributed by atoms with van der Waals surface area (Å²) in [5.41, 5.74) is 7.43. The van der Waals surface area contributed by atoms with Gasteiger partial charge in [0.05, 0.1) is 12.7 Å². The highest BCUT2D eigenvalue weighted by molar-refractivity contribution is 5.59. The summed E-state index contributed by atoms with van der Waals surface area (Å²) in [6.07, 6.45) is 1.46. The van der Waals surface area contributed by atoms with Crippen molar-refractivity contribution in [2.24, 2.45) is 0 Å². The minimum Gasteiger partial charge on any atom is -0.494 e. The Hall–Kier alpha value is -1.42. The van der Waals surface area contributed by atoms with Crippen LogP contribution in [-0.4, -0.2) is 23.9 Å². The van der Waals surface area contributed by atoms with E-state index in [-0.39, 0.29) is 6.10 Å². The van der Waals surface area contributed by atoms with Crippen molar-refractivity contribution in [3.05, 3.63) is 18.2 Å². The van der Waals surface area contributed by atoms with Crippen molar-refractivity contribution >= 4 is 11.4 Å². The summed E-state index contributed by atoms with van der Waals surface area (Å²) in [7, 11) is 0. The van der Waals surface area contributed by atoms with Crippen LogP contribution in [0.25, 0.3) is 0 Å². The van der Waals surface area contributed by atoms with E-state index in [1.807, 2.05) is 25.1 Å². The molecule has 0 atom stereocenters. The first-order valence-electron chi connectivity index (χ1n) is 5.65. The molecule has 4 N–H and O–H groups in total. The molecular weight excluding hydrogens is 204 g/mol. The molecule has 0 aromatic heterocycles. The molecule has 0 saturated heterocycles. The number of aliphatic hydroxyl groups is 1. The molecule has 0 unspecified atom stereocenters. The van der Waals surface area contributed by atoms with Crippen molar-refractivity contribution in [2.45, 2.75) is 31.9 Å². The standard InChI is InChI=1S/C12H18N2O2/c1-2-16-12-4-8(13)3-9(7-12)14-10-5-11(15)6-10/h3-4,7,10-11,14-15H,2,5-6,13H2,1H3. The average molecular weight is 222 g/mol. The molecule has 0 aliphatic heterocycles. The Bertz CT molecular complexity index is 362. The Balaban J connectivity index is 2.02. The SMILES string of the molecule is CCOc1cc(N)cc(NC2CC(O)C2)c1. The van der Waals surface area contributed by atoms with Gasteiger partial charge in [-0.05, 0) is 25.8 Å². The van der Waals surface area contributed by atoms with Crippen molar-refractivity contribution in [1.29, 1.82) is 0 Å². The number of nitrogens with two attached hydrogens (primary N) is 1. The summed E-state index contributed by atoms with van der Waals surface area (Å²) < 4.78 is 5.41. The van der Waals surface area contributed by atoms with Gasteiger partial charge in [0, 0.05) is 29.5 Å². The number of hydrogen-bond donors (Lipinski definition) is 3. The second-order valence-electron chi connectivity index (χ2n) is 4.19. The molecule has 1 aromatic carbocycles. The summed E-state index contributed by atoms with van der Waals surface area (Å²) in [4.78, 5) is 0. The molecule has 1 aliphatic rings. The van der Waals surface area contributed by atoms with E-state index in [0.29, 0.717) is 18.3 Å². The van der Waals surface area contributed by atoms with E-state index < -0.39 is 0 Å². The normalized spacial score (nSPS) is 23.6. The van der Waals surface area contributed by atoms with Crippen LogP contribution in [-0.2, 0) is 0 Å². The second-order valence-corrected chi connectivity index (χ2v) is 4.19. The fourth-order valence-corrected chi connectivity index (χ4v) is 1.90. The molecule has 0 amide bonds. The summed E-state index contributed by atoms with van der Waals surface area (Å²) in [5, 5.41) is 12.5. The molecular formula is C12H18N2O2. The molecule has 1 fully saturated rings. The zero-order valence-corrected chi connectivity index (χ0v) is 9.44. The van der Waals surface area contributed by atoms with Crippen molar-refractivity contribution in [3.63, 3.8) is 0 Å². The van der Waals surface area contributed by atoms with Crippen molar-refractivity contribution in [2.75, 3.05) is 17.7 Å². The Morgan fingerprint density at radius 1 is 1.44 bits per heavy atom. The molecule has 16 heavy (non-hydrogen) atoms. The van der Waals surface area contributed by atoms with Crippen LogP contribution in [0.1, 0.15) is 19.8 Å². The van der Waals surface area contributed by atoms with Gasteiger partial charge in [-0.3, -0.25) is 0 Å². The predicted molar refractivity (Wildman–Crippen MR) is 64.7 cm³/mol. The molecule has 2 rings (SSSR count). The van der Waals surface area contributed by atoms with E-state index in [4.69, 9.17) is 10.5 Å². The van der Waals surface area contributed by atoms with Crippen LogP contribution in [0.2, 0.25) is 0 Å². The van der Waals surface area contributed by atoms with Gasteiger partial charge >= 0.3 is 0 Å². The van der Waals surface area contributed by atoms with E-state index in [1.165, 1.54) is 0 Å². The van der Waals surface area contributed by atoms with E-state index in [2.05, 4.69) is 5.32 Å². The van der Waals surface area contributed by atoms with Crippen molar-refractivity contribution < 1.29 is 9.84 Å². The molecule has 0 radical (unpaired) electrons. The van der Waals surface area contributed by atoms with E-state index in [0.717, 1.165) is 24.3 Å². The number of anilines is 2. The first-order chi connectivity index (χ1) is 7.67. The van der Waals surface area contributed by atoms with Gasteiger partial charge in [-0.25, -0.2) is 0 Å². The van der Waals surface area contributed by atoms with Crippen LogP contribution in [0.3, 0.4) is 0 Å². The summed E-state index contributed by atoms with van der Waals surface area (Å²) in [6.45, 7) is 2.57. The molecule has 1 aliphatic carbocycles. The van der Waals surface area contributed by atoms with Crippen LogP contribution < -0.4 is 15.8 Å². The van der Waals surface area contributed by atoms with E-state index in [1.54, 1.807) is 0 Å². The quantitative estimate of drug-likeness (QED) is 0.677. The van der Waals surface area contributed by atoms with Crippen LogP contribution in [0, 0.1) is 0 Å². The molecule has 88 valence electrons. The summed E-state index contributed by atoms with van der Waals surface area (Å²) in [5.74, 6) is 0.782. The van der Waals surface area contributed by atoms with E-state index in [9.17, 15) is 5.11 Å². The lowest BCUT2D eigenvalue weighted by Gasteiger charge is -2.32. The third-order valence-corrected chi connectivity index (χ3v) is 2.72. The summed E-state index contributed by atoms with van der Waals surface area (Å²) >= 11 is 0. The molecule has 0 bridgehead atoms. The fraction of sp³-hybridized carbons (Fsp3) is 0.500. The molecule has 0 heterocycles. The number of hydrogen-bond acceptors (Lipinski definition) is 4. The van der Waals surface area contributed by atoms with Gasteiger partial charge in [0.15, 0.2) is 0 Å². The zero-order chi connectivity index (χ0) is 11.5. The highest BCUT2D eigenvalue weighted by atomic mass is 16.5. The van der Waals surface area contributed by atoms with Crippen molar-refractivity contribution in [1.82, 2.24) is 0 Å². The topological polar surface area (TPSA) is 67.5 Å². The Morgan fingerprint density at radius 2 is 2.19 bits per heavy atom. The minimum absolute atomic E-state index is 0.148. The molecule has 0 spiro atoms. The number of rotatable bonds is 4. The highest BCUT2D eigenvalue weighted by Gasteiger charge is 2.26. The Labute approximate surface area is 95.4 Å². The molecule has 4 nitrogen and oxygen atoms in total. The van der Waals surface area contributed by atoms with E-state index >= 15 is 0 Å². The first-order valence-corrected chi connectivity index (χ1v) is 5.65. The molecule has 1 saturated carbocycles. The van der Waals surface area contributed by atoms with Crippen LogP contribution in [0.5, 0.6) is 5.75 Å². The Kier molecular flexibility index (Phi) is 3.19. The fourth-order valence-electron chi connectivity index (χ4n) is 1.90. The molecule has 1 aromatic rings. The van der Waals surface area contributed by atoms with Gasteiger partial charge in [-0.1, -0.05) is 0 Å². The smallest absolute Gasteiger partial charge is 0.123 e. The second kappa shape index (κ2) is 4.61. The number of benzene rings is 1. The first kappa shape index (κ1) is 11.1. The summed E-state index contributed by atoms with van der Waals surface area (Å²) in [6, 6.07) is 5.98. The maximum atomic E-state index is 9.20. The minimum atomic E-state index is -0.148. The predicted octanol–water partition coefficient (Wildman–Crippen LogP) is 1.60. The number of nitrogens with one attached hydrogen (secondary N) is 1. The van der Waals surface area contributed by atoms with Crippen LogP contribution in [0.4, 0.5) is 11.4 Å². The largest absolute Gasteiger partial charge is 0.494 e. The number of nitrogen functional groups attached to an aromatic ring is 1. The maximum absolute atomic E-state index is 9.20. The maximum Gasteiger partial charge on any atom is 0.123 e. The molecule has 4 heteroatoms. The Morgan fingerprint density at radius 3 is 2.81 bits per heavy atom. The lowest BCUT2D eigenvalue weighted by molar-refractivity contribution is 0.0836. The van der Waals surface area contributed by atoms with Gasteiger partial charge in [0.1, 0.15) is 5.75 Å². The third-order valence-electron chi connectivity index (χ3n) is 2.72. The van der Waals surface area contributed by atoms with Gasteiger partial charge in [0.25, 0.3) is 0 Å².